The maximum absolute atomic E-state index is 13.1. The number of likely N-dealkylation sites (tertiary alicyclic amines) is 1. The molecule has 1 amide bonds. The summed E-state index contributed by atoms with van der Waals surface area (Å²) in [6.45, 7) is 1.03. The summed E-state index contributed by atoms with van der Waals surface area (Å²) in [5.74, 6) is -0.504. The Kier molecular flexibility index (Phi) is 6.88. The van der Waals surface area contributed by atoms with E-state index in [0.29, 0.717) is 13.0 Å². The average Bonchev–Trinajstić information content (AvgIpc) is 2.96. The summed E-state index contributed by atoms with van der Waals surface area (Å²) >= 11 is 0. The van der Waals surface area contributed by atoms with Gasteiger partial charge in [-0.15, -0.1) is 0 Å². The third-order valence-corrected chi connectivity index (χ3v) is 4.31. The van der Waals surface area contributed by atoms with Gasteiger partial charge in [0.2, 0.25) is 5.91 Å². The molecular formula is C18H21FN4O2. The van der Waals surface area contributed by atoms with E-state index >= 15 is 0 Å². The van der Waals surface area contributed by atoms with Crippen molar-refractivity contribution in [2.24, 2.45) is 0 Å². The minimum atomic E-state index is -0.547. The highest BCUT2D eigenvalue weighted by atomic mass is 19.1. The molecule has 1 aromatic rings. The van der Waals surface area contributed by atoms with Gasteiger partial charge in [0.1, 0.15) is 5.82 Å². The summed E-state index contributed by atoms with van der Waals surface area (Å²) < 4.78 is 13.1. The number of nitrogens with zero attached hydrogens (tertiary/aromatic N) is 4. The van der Waals surface area contributed by atoms with Gasteiger partial charge in [-0.2, -0.15) is 10.5 Å². The first-order valence-electron chi connectivity index (χ1n) is 8.24. The Morgan fingerprint density at radius 2 is 1.84 bits per heavy atom. The SMILES string of the molecule is N#CCCN(CCC#N)C(=O)CN1C[C@@H](O)C[C@H]1c1ccc(F)cc1. The van der Waals surface area contributed by atoms with Gasteiger partial charge in [-0.05, 0) is 24.1 Å². The fourth-order valence-electron chi connectivity index (χ4n) is 3.09. The Bertz CT molecular complexity index is 647. The first-order valence-corrected chi connectivity index (χ1v) is 8.24. The van der Waals surface area contributed by atoms with E-state index in [2.05, 4.69) is 0 Å². The lowest BCUT2D eigenvalue weighted by molar-refractivity contribution is -0.132. The van der Waals surface area contributed by atoms with Crippen molar-refractivity contribution >= 4 is 5.91 Å². The van der Waals surface area contributed by atoms with Gasteiger partial charge < -0.3 is 10.0 Å². The fourth-order valence-corrected chi connectivity index (χ4v) is 3.09. The summed E-state index contributed by atoms with van der Waals surface area (Å²) in [6.07, 6.45) is 0.354. The van der Waals surface area contributed by atoms with Crippen molar-refractivity contribution in [2.45, 2.75) is 31.4 Å². The molecule has 0 saturated carbocycles. The lowest BCUT2D eigenvalue weighted by Crippen LogP contribution is -2.41. The molecule has 0 unspecified atom stereocenters. The molecule has 132 valence electrons. The van der Waals surface area contributed by atoms with Gasteiger partial charge in [0.15, 0.2) is 0 Å². The first-order chi connectivity index (χ1) is 12.0. The molecule has 1 aliphatic rings. The van der Waals surface area contributed by atoms with Crippen molar-refractivity contribution in [3.05, 3.63) is 35.6 Å². The monoisotopic (exact) mass is 344 g/mol. The second-order valence-corrected chi connectivity index (χ2v) is 6.08. The molecule has 0 spiro atoms. The number of β-amino-alcohol motifs (C(OH)–C–C–N with tert-alkyl or cyclic N) is 1. The third-order valence-electron chi connectivity index (χ3n) is 4.31. The second kappa shape index (κ2) is 9.12. The number of aliphatic hydroxyl groups excluding tert-OH is 1. The molecule has 25 heavy (non-hydrogen) atoms. The van der Waals surface area contributed by atoms with E-state index in [1.165, 1.54) is 17.0 Å². The van der Waals surface area contributed by atoms with Crippen LogP contribution >= 0.6 is 0 Å². The topological polar surface area (TPSA) is 91.4 Å². The van der Waals surface area contributed by atoms with Crippen LogP contribution in [0.25, 0.3) is 0 Å². The van der Waals surface area contributed by atoms with Crippen LogP contribution < -0.4 is 0 Å². The molecule has 1 saturated heterocycles. The molecule has 1 aromatic carbocycles. The van der Waals surface area contributed by atoms with Gasteiger partial charge in [-0.25, -0.2) is 4.39 Å². The summed E-state index contributed by atoms with van der Waals surface area (Å²) in [5.41, 5.74) is 0.853. The molecule has 0 radical (unpaired) electrons. The van der Waals surface area contributed by atoms with E-state index in [-0.39, 0.29) is 50.2 Å². The van der Waals surface area contributed by atoms with Crippen LogP contribution in [0.15, 0.2) is 24.3 Å². The Morgan fingerprint density at radius 1 is 1.24 bits per heavy atom. The minimum Gasteiger partial charge on any atom is -0.392 e. The van der Waals surface area contributed by atoms with Gasteiger partial charge in [0.05, 0.1) is 37.6 Å². The first kappa shape index (κ1) is 18.9. The van der Waals surface area contributed by atoms with Gasteiger partial charge in [-0.3, -0.25) is 9.69 Å². The zero-order valence-corrected chi connectivity index (χ0v) is 13.9. The predicted molar refractivity (Wildman–Crippen MR) is 88.4 cm³/mol. The number of carbonyl (C=O) groups excluding carboxylic acids is 1. The summed E-state index contributed by atoms with van der Waals surface area (Å²) in [5, 5.41) is 27.4. The number of aliphatic hydroxyl groups is 1. The smallest absolute Gasteiger partial charge is 0.236 e. The van der Waals surface area contributed by atoms with E-state index < -0.39 is 6.10 Å². The molecule has 6 nitrogen and oxygen atoms in total. The van der Waals surface area contributed by atoms with Crippen LogP contribution in [0.2, 0.25) is 0 Å². The Balaban J connectivity index is 2.06. The van der Waals surface area contributed by atoms with Gasteiger partial charge >= 0.3 is 0 Å². The van der Waals surface area contributed by atoms with E-state index in [1.807, 2.05) is 17.0 Å². The van der Waals surface area contributed by atoms with Crippen LogP contribution in [0.1, 0.15) is 30.9 Å². The Hall–Kier alpha value is -2.48. The number of amides is 1. The van der Waals surface area contributed by atoms with Crippen LogP contribution in [0.3, 0.4) is 0 Å². The van der Waals surface area contributed by atoms with Crippen LogP contribution in [-0.4, -0.2) is 53.1 Å². The van der Waals surface area contributed by atoms with Crippen molar-refractivity contribution in [3.63, 3.8) is 0 Å². The quantitative estimate of drug-likeness (QED) is 0.811. The molecule has 2 rings (SSSR count). The number of rotatable bonds is 7. The summed E-state index contributed by atoms with van der Waals surface area (Å²) in [7, 11) is 0. The Morgan fingerprint density at radius 3 is 2.40 bits per heavy atom. The number of benzene rings is 1. The standard InChI is InChI=1S/C18H21FN4O2/c19-15-5-3-14(4-6-15)17-11-16(24)12-23(17)13-18(25)22(9-1-7-20)10-2-8-21/h3-6,16-17,24H,1-2,9-13H2/t16-,17-/m0/s1. The number of halogens is 1. The lowest BCUT2D eigenvalue weighted by atomic mass is 10.0. The molecule has 1 heterocycles. The molecular weight excluding hydrogens is 323 g/mol. The van der Waals surface area contributed by atoms with Crippen molar-refractivity contribution in [2.75, 3.05) is 26.2 Å². The third kappa shape index (κ3) is 5.25. The van der Waals surface area contributed by atoms with Crippen molar-refractivity contribution in [1.82, 2.24) is 9.80 Å². The number of hydrogen-bond acceptors (Lipinski definition) is 5. The van der Waals surface area contributed by atoms with E-state index in [0.717, 1.165) is 5.56 Å². The lowest BCUT2D eigenvalue weighted by Gasteiger charge is -2.28. The number of nitriles is 2. The highest BCUT2D eigenvalue weighted by Gasteiger charge is 2.34. The van der Waals surface area contributed by atoms with Crippen molar-refractivity contribution in [1.29, 1.82) is 10.5 Å². The summed E-state index contributed by atoms with van der Waals surface area (Å²) in [4.78, 5) is 16.0. The molecule has 7 heteroatoms. The zero-order valence-electron chi connectivity index (χ0n) is 13.9. The molecule has 0 bridgehead atoms. The largest absolute Gasteiger partial charge is 0.392 e. The second-order valence-electron chi connectivity index (χ2n) is 6.08. The minimum absolute atomic E-state index is 0.0932. The zero-order chi connectivity index (χ0) is 18.2. The van der Waals surface area contributed by atoms with Crippen molar-refractivity contribution < 1.29 is 14.3 Å². The van der Waals surface area contributed by atoms with Crippen LogP contribution in [-0.2, 0) is 4.79 Å². The number of hydrogen-bond donors (Lipinski definition) is 1. The van der Waals surface area contributed by atoms with Gasteiger partial charge in [0, 0.05) is 25.7 Å². The summed E-state index contributed by atoms with van der Waals surface area (Å²) in [6, 6.07) is 9.91. The predicted octanol–water partition coefficient (Wildman–Crippen LogP) is 1.59. The molecule has 1 N–H and O–H groups in total. The molecule has 2 atom stereocenters. The van der Waals surface area contributed by atoms with E-state index in [4.69, 9.17) is 10.5 Å². The van der Waals surface area contributed by atoms with E-state index in [1.54, 1.807) is 12.1 Å². The van der Waals surface area contributed by atoms with Gasteiger partial charge in [-0.1, -0.05) is 12.1 Å². The van der Waals surface area contributed by atoms with Crippen molar-refractivity contribution in [3.8, 4) is 12.1 Å². The average molecular weight is 344 g/mol. The Labute approximate surface area is 146 Å². The maximum atomic E-state index is 13.1. The molecule has 0 aromatic heterocycles. The molecule has 0 aliphatic carbocycles. The van der Waals surface area contributed by atoms with Crippen LogP contribution in [0.5, 0.6) is 0 Å². The highest BCUT2D eigenvalue weighted by Crippen LogP contribution is 2.32. The normalized spacial score (nSPS) is 20.0. The van der Waals surface area contributed by atoms with Crippen LogP contribution in [0.4, 0.5) is 4.39 Å². The van der Waals surface area contributed by atoms with Crippen LogP contribution in [0, 0.1) is 28.5 Å². The van der Waals surface area contributed by atoms with E-state index in [9.17, 15) is 14.3 Å². The number of carbonyl (C=O) groups is 1. The van der Waals surface area contributed by atoms with Gasteiger partial charge in [0.25, 0.3) is 0 Å². The molecule has 1 fully saturated rings. The molecule has 1 aliphatic heterocycles. The maximum Gasteiger partial charge on any atom is 0.236 e. The highest BCUT2D eigenvalue weighted by molar-refractivity contribution is 5.78. The fraction of sp³-hybridized carbons (Fsp3) is 0.500.